The molecule has 0 unspecified atom stereocenters. The predicted molar refractivity (Wildman–Crippen MR) is 98.7 cm³/mol. The lowest BCUT2D eigenvalue weighted by atomic mass is 10.1. The number of carbonyl (C=O) groups excluding carboxylic acids is 1. The lowest BCUT2D eigenvalue weighted by molar-refractivity contribution is -0.123. The summed E-state index contributed by atoms with van der Waals surface area (Å²) >= 11 is 0. The summed E-state index contributed by atoms with van der Waals surface area (Å²) in [6, 6.07) is 18.9. The number of nitrogens with zero attached hydrogens (tertiary/aromatic N) is 1. The molecule has 0 fully saturated rings. The van der Waals surface area contributed by atoms with Crippen LogP contribution in [0.1, 0.15) is 17.2 Å². The molecule has 3 rings (SSSR count). The summed E-state index contributed by atoms with van der Waals surface area (Å²) in [5.41, 5.74) is 1.66. The average molecular weight is 369 g/mol. The molecular formula is C19H19N3O3S. The summed E-state index contributed by atoms with van der Waals surface area (Å²) in [6.07, 6.45) is 3.69. The Kier molecular flexibility index (Phi) is 5.20. The Morgan fingerprint density at radius 1 is 0.962 bits per heavy atom. The fraction of sp³-hybridized carbons (Fsp3) is 0.105. The van der Waals surface area contributed by atoms with Gasteiger partial charge in [-0.2, -0.15) is 0 Å². The van der Waals surface area contributed by atoms with Gasteiger partial charge in [-0.15, -0.1) is 0 Å². The summed E-state index contributed by atoms with van der Waals surface area (Å²) in [5.74, 6) is -0.150. The average Bonchev–Trinajstić information content (AvgIpc) is 3.15. The van der Waals surface area contributed by atoms with E-state index < -0.39 is 16.1 Å². The molecule has 1 amide bonds. The number of benzene rings is 2. The summed E-state index contributed by atoms with van der Waals surface area (Å²) < 4.78 is 24.4. The molecule has 0 aliphatic carbocycles. The van der Waals surface area contributed by atoms with E-state index in [0.29, 0.717) is 0 Å². The first-order valence-electron chi connectivity index (χ1n) is 8.02. The molecule has 1 atom stereocenters. The van der Waals surface area contributed by atoms with Gasteiger partial charge < -0.3 is 9.88 Å². The van der Waals surface area contributed by atoms with Gasteiger partial charge in [0.15, 0.2) is 0 Å². The van der Waals surface area contributed by atoms with Crippen LogP contribution >= 0.6 is 0 Å². The second kappa shape index (κ2) is 7.55. The number of primary sulfonamides is 1. The van der Waals surface area contributed by atoms with Gasteiger partial charge in [0, 0.05) is 18.9 Å². The van der Waals surface area contributed by atoms with Crippen molar-refractivity contribution in [2.24, 2.45) is 5.14 Å². The second-order valence-corrected chi connectivity index (χ2v) is 7.41. The fourth-order valence-corrected chi connectivity index (χ4v) is 3.21. The van der Waals surface area contributed by atoms with Crippen LogP contribution in [0.4, 0.5) is 0 Å². The highest BCUT2D eigenvalue weighted by Gasteiger charge is 2.21. The molecule has 0 saturated carbocycles. The Morgan fingerprint density at radius 3 is 2.15 bits per heavy atom. The molecule has 0 spiro atoms. The standard InChI is InChI=1S/C19H19N3O3S/c20-26(24,25)17-10-8-15(9-11-17)14-21-19(23)18(22-12-4-5-13-22)16-6-2-1-3-7-16/h1-13,18H,14H2,(H,21,23)(H2,20,24,25)/t18-/m1/s1. The maximum Gasteiger partial charge on any atom is 0.247 e. The number of carbonyl (C=O) groups is 1. The first-order valence-corrected chi connectivity index (χ1v) is 9.56. The third-order valence-corrected chi connectivity index (χ3v) is 4.94. The van der Waals surface area contributed by atoms with Crippen molar-refractivity contribution in [3.05, 3.63) is 90.3 Å². The van der Waals surface area contributed by atoms with E-state index in [4.69, 9.17) is 5.14 Å². The summed E-state index contributed by atoms with van der Waals surface area (Å²) in [7, 11) is -3.72. The summed E-state index contributed by atoms with van der Waals surface area (Å²) in [5, 5.41) is 7.99. The number of rotatable bonds is 6. The SMILES string of the molecule is NS(=O)(=O)c1ccc(CNC(=O)[C@@H](c2ccccc2)n2cccc2)cc1. The maximum atomic E-state index is 12.8. The zero-order valence-corrected chi connectivity index (χ0v) is 14.8. The van der Waals surface area contributed by atoms with Crippen LogP contribution in [0.2, 0.25) is 0 Å². The van der Waals surface area contributed by atoms with Crippen LogP contribution in [0.15, 0.2) is 84.0 Å². The van der Waals surface area contributed by atoms with Crippen molar-refractivity contribution in [2.75, 3.05) is 0 Å². The molecule has 7 heteroatoms. The van der Waals surface area contributed by atoms with Gasteiger partial charge in [-0.1, -0.05) is 42.5 Å². The highest BCUT2D eigenvalue weighted by Crippen LogP contribution is 2.19. The molecule has 3 N–H and O–H groups in total. The van der Waals surface area contributed by atoms with Crippen molar-refractivity contribution < 1.29 is 13.2 Å². The van der Waals surface area contributed by atoms with E-state index in [-0.39, 0.29) is 17.3 Å². The number of hydrogen-bond donors (Lipinski definition) is 2. The Morgan fingerprint density at radius 2 is 1.58 bits per heavy atom. The minimum atomic E-state index is -3.72. The van der Waals surface area contributed by atoms with Crippen LogP contribution in [0.3, 0.4) is 0 Å². The normalized spacial score (nSPS) is 12.5. The summed E-state index contributed by atoms with van der Waals surface area (Å²) in [6.45, 7) is 0.286. The Balaban J connectivity index is 1.75. The monoisotopic (exact) mass is 369 g/mol. The van der Waals surface area contributed by atoms with Gasteiger partial charge in [0.05, 0.1) is 4.90 Å². The zero-order valence-electron chi connectivity index (χ0n) is 13.9. The molecule has 1 aromatic heterocycles. The topological polar surface area (TPSA) is 94.2 Å². The van der Waals surface area contributed by atoms with E-state index >= 15 is 0 Å². The molecule has 26 heavy (non-hydrogen) atoms. The number of nitrogens with one attached hydrogen (secondary N) is 1. The van der Waals surface area contributed by atoms with E-state index in [9.17, 15) is 13.2 Å². The number of amides is 1. The van der Waals surface area contributed by atoms with Crippen molar-refractivity contribution >= 4 is 15.9 Å². The van der Waals surface area contributed by atoms with Crippen LogP contribution in [0.5, 0.6) is 0 Å². The molecule has 0 aliphatic heterocycles. The lowest BCUT2D eigenvalue weighted by Crippen LogP contribution is -2.32. The third kappa shape index (κ3) is 4.19. The van der Waals surface area contributed by atoms with Gasteiger partial charge in [0.1, 0.15) is 6.04 Å². The molecule has 2 aromatic carbocycles. The number of nitrogens with two attached hydrogens (primary N) is 1. The molecular weight excluding hydrogens is 350 g/mol. The van der Waals surface area contributed by atoms with Crippen LogP contribution in [0.25, 0.3) is 0 Å². The molecule has 134 valence electrons. The smallest absolute Gasteiger partial charge is 0.247 e. The minimum Gasteiger partial charge on any atom is -0.350 e. The van der Waals surface area contributed by atoms with Crippen LogP contribution in [-0.4, -0.2) is 18.9 Å². The van der Waals surface area contributed by atoms with Crippen molar-refractivity contribution in [1.29, 1.82) is 0 Å². The van der Waals surface area contributed by atoms with Crippen LogP contribution in [-0.2, 0) is 21.4 Å². The second-order valence-electron chi connectivity index (χ2n) is 5.85. The van der Waals surface area contributed by atoms with Crippen molar-refractivity contribution in [3.8, 4) is 0 Å². The highest BCUT2D eigenvalue weighted by atomic mass is 32.2. The summed E-state index contributed by atoms with van der Waals surface area (Å²) in [4.78, 5) is 12.8. The molecule has 6 nitrogen and oxygen atoms in total. The number of sulfonamides is 1. The zero-order chi connectivity index (χ0) is 18.6. The number of hydrogen-bond acceptors (Lipinski definition) is 3. The van der Waals surface area contributed by atoms with Crippen molar-refractivity contribution in [3.63, 3.8) is 0 Å². The van der Waals surface area contributed by atoms with Crippen molar-refractivity contribution in [1.82, 2.24) is 9.88 Å². The quantitative estimate of drug-likeness (QED) is 0.696. The van der Waals surface area contributed by atoms with E-state index in [0.717, 1.165) is 11.1 Å². The number of aromatic nitrogens is 1. The largest absolute Gasteiger partial charge is 0.350 e. The van der Waals surface area contributed by atoms with Gasteiger partial charge >= 0.3 is 0 Å². The molecule has 0 saturated heterocycles. The van der Waals surface area contributed by atoms with E-state index in [2.05, 4.69) is 5.32 Å². The lowest BCUT2D eigenvalue weighted by Gasteiger charge is -2.19. The Hall–Kier alpha value is -2.90. The third-order valence-electron chi connectivity index (χ3n) is 4.01. The van der Waals surface area contributed by atoms with Crippen LogP contribution < -0.4 is 10.5 Å². The van der Waals surface area contributed by atoms with E-state index in [1.165, 1.54) is 12.1 Å². The Bertz CT molecular complexity index is 967. The van der Waals surface area contributed by atoms with Gasteiger partial charge in [0.25, 0.3) is 0 Å². The van der Waals surface area contributed by atoms with Gasteiger partial charge in [0.2, 0.25) is 15.9 Å². The molecule has 0 radical (unpaired) electrons. The molecule has 1 heterocycles. The Labute approximate surface area is 152 Å². The van der Waals surface area contributed by atoms with E-state index in [1.807, 2.05) is 59.4 Å². The van der Waals surface area contributed by atoms with Crippen molar-refractivity contribution in [2.45, 2.75) is 17.5 Å². The fourth-order valence-electron chi connectivity index (χ4n) is 2.70. The highest BCUT2D eigenvalue weighted by molar-refractivity contribution is 7.89. The van der Waals surface area contributed by atoms with Crippen LogP contribution in [0, 0.1) is 0 Å². The molecule has 3 aromatic rings. The van der Waals surface area contributed by atoms with Gasteiger partial charge in [-0.05, 0) is 35.4 Å². The first kappa shape index (κ1) is 17.9. The molecule has 0 bridgehead atoms. The minimum absolute atomic E-state index is 0.0436. The van der Waals surface area contributed by atoms with E-state index in [1.54, 1.807) is 12.1 Å². The van der Waals surface area contributed by atoms with Gasteiger partial charge in [-0.25, -0.2) is 13.6 Å². The molecule has 0 aliphatic rings. The first-order chi connectivity index (χ1) is 12.4. The predicted octanol–water partition coefficient (Wildman–Crippen LogP) is 2.04. The van der Waals surface area contributed by atoms with Gasteiger partial charge in [-0.3, -0.25) is 4.79 Å². The maximum absolute atomic E-state index is 12.8.